The Morgan fingerprint density at radius 1 is 1.44 bits per heavy atom. The summed E-state index contributed by atoms with van der Waals surface area (Å²) >= 11 is 0. The van der Waals surface area contributed by atoms with Crippen LogP contribution in [0.4, 0.5) is 11.5 Å². The number of ether oxygens (including phenoxy) is 1. The van der Waals surface area contributed by atoms with Crippen LogP contribution in [-0.2, 0) is 6.54 Å². The summed E-state index contributed by atoms with van der Waals surface area (Å²) in [6.07, 6.45) is 1.37. The van der Waals surface area contributed by atoms with Crippen LogP contribution in [0.25, 0.3) is 0 Å². The van der Waals surface area contributed by atoms with Gasteiger partial charge in [-0.25, -0.2) is 4.98 Å². The average Bonchev–Trinajstić information content (AvgIpc) is 2.83. The van der Waals surface area contributed by atoms with Gasteiger partial charge in [0.1, 0.15) is 12.0 Å². The van der Waals surface area contributed by atoms with E-state index in [2.05, 4.69) is 35.9 Å². The number of nitrogens with one attached hydrogen (secondary N) is 2. The highest BCUT2D eigenvalue weighted by atomic mass is 16.5. The summed E-state index contributed by atoms with van der Waals surface area (Å²) in [5, 5.41) is 16.4. The molecule has 0 amide bonds. The van der Waals surface area contributed by atoms with Crippen molar-refractivity contribution in [1.29, 1.82) is 0 Å². The zero-order chi connectivity index (χ0) is 13.0. The van der Waals surface area contributed by atoms with Crippen molar-refractivity contribution in [3.05, 3.63) is 12.2 Å². The molecule has 9 heteroatoms. The van der Waals surface area contributed by atoms with Crippen LogP contribution in [0.3, 0.4) is 0 Å². The van der Waals surface area contributed by atoms with Crippen molar-refractivity contribution < 1.29 is 4.74 Å². The molecule has 0 radical (unpaired) electrons. The number of rotatable bonds is 5. The molecular weight excluding hydrogens is 236 g/mol. The summed E-state index contributed by atoms with van der Waals surface area (Å²) in [5.41, 5.74) is 6.25. The molecule has 0 aliphatic rings. The Labute approximate surface area is 103 Å². The number of H-pyrrole nitrogens is 1. The van der Waals surface area contributed by atoms with Crippen molar-refractivity contribution >= 4 is 11.5 Å². The molecule has 2 aromatic heterocycles. The number of hydrogen-bond acceptors (Lipinski definition) is 8. The molecule has 0 atom stereocenters. The van der Waals surface area contributed by atoms with Crippen LogP contribution in [0.2, 0.25) is 0 Å². The Morgan fingerprint density at radius 2 is 2.28 bits per heavy atom. The lowest BCUT2D eigenvalue weighted by atomic mass is 10.4. The molecule has 2 rings (SSSR count). The quantitative estimate of drug-likeness (QED) is 0.675. The van der Waals surface area contributed by atoms with Crippen molar-refractivity contribution in [2.75, 3.05) is 11.1 Å². The fraction of sp³-hybridized carbons (Fsp3) is 0.444. The molecular formula is C9H14N8O. The molecule has 96 valence electrons. The maximum atomic E-state index is 5.89. The number of hydrogen-bond donors (Lipinski definition) is 3. The summed E-state index contributed by atoms with van der Waals surface area (Å²) in [4.78, 5) is 8.01. The summed E-state index contributed by atoms with van der Waals surface area (Å²) < 4.78 is 5.46. The van der Waals surface area contributed by atoms with Crippen molar-refractivity contribution in [2.45, 2.75) is 26.5 Å². The number of nitrogen functional groups attached to an aromatic ring is 1. The van der Waals surface area contributed by atoms with E-state index in [9.17, 15) is 0 Å². The van der Waals surface area contributed by atoms with Gasteiger partial charge in [0.2, 0.25) is 5.88 Å². The van der Waals surface area contributed by atoms with Gasteiger partial charge in [-0.15, -0.1) is 10.2 Å². The first-order chi connectivity index (χ1) is 8.66. The summed E-state index contributed by atoms with van der Waals surface area (Å²) in [5.74, 6) is 1.35. The highest BCUT2D eigenvalue weighted by Gasteiger charge is 2.11. The smallest absolute Gasteiger partial charge is 0.242 e. The summed E-state index contributed by atoms with van der Waals surface area (Å²) in [6.45, 7) is 4.15. The van der Waals surface area contributed by atoms with Gasteiger partial charge in [0.25, 0.3) is 0 Å². The average molecular weight is 250 g/mol. The van der Waals surface area contributed by atoms with E-state index in [0.717, 1.165) is 0 Å². The van der Waals surface area contributed by atoms with Crippen molar-refractivity contribution in [3.8, 4) is 5.88 Å². The predicted molar refractivity (Wildman–Crippen MR) is 63.7 cm³/mol. The van der Waals surface area contributed by atoms with Gasteiger partial charge in [-0.05, 0) is 13.8 Å². The molecule has 4 N–H and O–H groups in total. The zero-order valence-corrected chi connectivity index (χ0v) is 10.1. The van der Waals surface area contributed by atoms with Crippen molar-refractivity contribution in [2.24, 2.45) is 0 Å². The Kier molecular flexibility index (Phi) is 3.51. The van der Waals surface area contributed by atoms with Gasteiger partial charge in [0, 0.05) is 0 Å². The summed E-state index contributed by atoms with van der Waals surface area (Å²) in [7, 11) is 0. The molecule has 0 aliphatic carbocycles. The number of aromatic nitrogens is 6. The monoisotopic (exact) mass is 250 g/mol. The van der Waals surface area contributed by atoms with E-state index in [1.165, 1.54) is 6.33 Å². The standard InChI is InChI=1S/C9H14N8O/c1-5(2)18-9-7(10)8(12-4-13-9)11-3-6-14-16-17-15-6/h4-5H,3,10H2,1-2H3,(H,11,12,13)(H,14,15,16,17). The first kappa shape index (κ1) is 12.0. The van der Waals surface area contributed by atoms with E-state index in [0.29, 0.717) is 29.8 Å². The molecule has 0 unspecified atom stereocenters. The SMILES string of the molecule is CC(C)Oc1ncnc(NCc2nn[nH]n2)c1N. The van der Waals surface area contributed by atoms with E-state index < -0.39 is 0 Å². The van der Waals surface area contributed by atoms with Crippen LogP contribution in [0.5, 0.6) is 5.88 Å². The van der Waals surface area contributed by atoms with Gasteiger partial charge in [0.05, 0.1) is 12.6 Å². The number of anilines is 2. The van der Waals surface area contributed by atoms with Crippen LogP contribution in [-0.4, -0.2) is 36.7 Å². The minimum atomic E-state index is -0.00717. The third-order valence-corrected chi connectivity index (χ3v) is 2.00. The third kappa shape index (κ3) is 2.81. The number of tetrazole rings is 1. The Morgan fingerprint density at radius 3 is 2.94 bits per heavy atom. The Balaban J connectivity index is 2.08. The Bertz CT molecular complexity index is 497. The lowest BCUT2D eigenvalue weighted by Gasteiger charge is -2.12. The van der Waals surface area contributed by atoms with Crippen LogP contribution >= 0.6 is 0 Å². The molecule has 0 bridgehead atoms. The molecule has 2 heterocycles. The van der Waals surface area contributed by atoms with Gasteiger partial charge in [-0.2, -0.15) is 10.2 Å². The molecule has 0 saturated carbocycles. The molecule has 0 saturated heterocycles. The lowest BCUT2D eigenvalue weighted by molar-refractivity contribution is 0.234. The second-order valence-corrected chi connectivity index (χ2v) is 3.79. The van der Waals surface area contributed by atoms with Gasteiger partial charge >= 0.3 is 0 Å². The van der Waals surface area contributed by atoms with Crippen LogP contribution in [0, 0.1) is 0 Å². The second kappa shape index (κ2) is 5.25. The van der Waals surface area contributed by atoms with Crippen molar-refractivity contribution in [1.82, 2.24) is 30.6 Å². The molecule has 0 aromatic carbocycles. The predicted octanol–water partition coefficient (Wildman–Crippen LogP) is -0.0288. The van der Waals surface area contributed by atoms with E-state index in [4.69, 9.17) is 10.5 Å². The lowest BCUT2D eigenvalue weighted by Crippen LogP contribution is -2.12. The first-order valence-corrected chi connectivity index (χ1v) is 5.40. The van der Waals surface area contributed by atoms with Crippen molar-refractivity contribution in [3.63, 3.8) is 0 Å². The van der Waals surface area contributed by atoms with Crippen LogP contribution in [0.15, 0.2) is 6.33 Å². The van der Waals surface area contributed by atoms with E-state index >= 15 is 0 Å². The third-order valence-electron chi connectivity index (χ3n) is 2.00. The summed E-state index contributed by atoms with van der Waals surface area (Å²) in [6, 6.07) is 0. The number of aromatic amines is 1. The highest BCUT2D eigenvalue weighted by Crippen LogP contribution is 2.25. The van der Waals surface area contributed by atoms with Gasteiger partial charge < -0.3 is 15.8 Å². The topological polar surface area (TPSA) is 128 Å². The first-order valence-electron chi connectivity index (χ1n) is 5.40. The fourth-order valence-electron chi connectivity index (χ4n) is 1.26. The molecule has 0 aliphatic heterocycles. The maximum Gasteiger partial charge on any atom is 0.242 e. The van der Waals surface area contributed by atoms with Gasteiger partial charge in [-0.3, -0.25) is 0 Å². The normalized spacial score (nSPS) is 10.6. The van der Waals surface area contributed by atoms with E-state index in [-0.39, 0.29) is 6.10 Å². The van der Waals surface area contributed by atoms with E-state index in [1.54, 1.807) is 0 Å². The minimum absolute atomic E-state index is 0.00717. The number of nitrogens with zero attached hydrogens (tertiary/aromatic N) is 5. The molecule has 0 fully saturated rings. The van der Waals surface area contributed by atoms with Gasteiger partial charge in [0.15, 0.2) is 11.6 Å². The minimum Gasteiger partial charge on any atom is -0.473 e. The molecule has 18 heavy (non-hydrogen) atoms. The molecule has 0 spiro atoms. The zero-order valence-electron chi connectivity index (χ0n) is 10.1. The number of nitrogens with two attached hydrogens (primary N) is 1. The van der Waals surface area contributed by atoms with Crippen LogP contribution in [0.1, 0.15) is 19.7 Å². The molecule has 9 nitrogen and oxygen atoms in total. The highest BCUT2D eigenvalue weighted by molar-refractivity contribution is 5.66. The maximum absolute atomic E-state index is 5.89. The van der Waals surface area contributed by atoms with Gasteiger partial charge in [-0.1, -0.05) is 5.21 Å². The molecule has 2 aromatic rings. The fourth-order valence-corrected chi connectivity index (χ4v) is 1.26. The Hall–Kier alpha value is -2.45. The largest absolute Gasteiger partial charge is 0.473 e. The second-order valence-electron chi connectivity index (χ2n) is 3.79. The van der Waals surface area contributed by atoms with E-state index in [1.807, 2.05) is 13.8 Å². The van der Waals surface area contributed by atoms with Crippen LogP contribution < -0.4 is 15.8 Å².